The molecule has 0 spiro atoms. The minimum absolute atomic E-state index is 0.719. The second-order valence-electron chi connectivity index (χ2n) is 4.60. The summed E-state index contributed by atoms with van der Waals surface area (Å²) in [4.78, 5) is 11.1. The third kappa shape index (κ3) is 2.92. The zero-order valence-corrected chi connectivity index (χ0v) is 9.93. The summed E-state index contributed by atoms with van der Waals surface area (Å²) in [5, 5.41) is 3.47. The van der Waals surface area contributed by atoms with Gasteiger partial charge >= 0.3 is 0 Å². The molecular formula is C12H18N4O. The molecule has 0 atom stereocenters. The van der Waals surface area contributed by atoms with Gasteiger partial charge in [-0.3, -0.25) is 0 Å². The Morgan fingerprint density at radius 1 is 1.35 bits per heavy atom. The first kappa shape index (κ1) is 10.9. The Kier molecular flexibility index (Phi) is 3.20. The van der Waals surface area contributed by atoms with Gasteiger partial charge in [-0.2, -0.15) is 0 Å². The van der Waals surface area contributed by atoms with Gasteiger partial charge in [0.25, 0.3) is 0 Å². The van der Waals surface area contributed by atoms with Gasteiger partial charge in [-0.1, -0.05) is 0 Å². The summed E-state index contributed by atoms with van der Waals surface area (Å²) in [5.41, 5.74) is 1.08. The van der Waals surface area contributed by atoms with Crippen LogP contribution >= 0.6 is 0 Å². The Bertz CT molecular complexity index is 375. The topological polar surface area (TPSA) is 50.3 Å². The van der Waals surface area contributed by atoms with E-state index >= 15 is 0 Å². The predicted octanol–water partition coefficient (Wildman–Crippen LogP) is 0.565. The number of ether oxygens (including phenoxy) is 1. The molecule has 5 nitrogen and oxygen atoms in total. The zero-order valence-electron chi connectivity index (χ0n) is 9.93. The first-order chi connectivity index (χ1) is 8.42. The van der Waals surface area contributed by atoms with E-state index in [1.54, 1.807) is 0 Å². The summed E-state index contributed by atoms with van der Waals surface area (Å²) < 4.78 is 5.33. The molecule has 1 saturated heterocycles. The number of nitrogens with one attached hydrogen (secondary N) is 1. The van der Waals surface area contributed by atoms with Crippen LogP contribution in [-0.4, -0.2) is 42.3 Å². The third-order valence-corrected chi connectivity index (χ3v) is 3.14. The van der Waals surface area contributed by atoms with Gasteiger partial charge < -0.3 is 15.0 Å². The molecule has 2 fully saturated rings. The molecule has 1 saturated carbocycles. The van der Waals surface area contributed by atoms with Gasteiger partial charge in [0.2, 0.25) is 5.95 Å². The van der Waals surface area contributed by atoms with Crippen LogP contribution in [0.25, 0.3) is 0 Å². The van der Waals surface area contributed by atoms with E-state index in [4.69, 9.17) is 4.74 Å². The molecule has 1 aliphatic heterocycles. The van der Waals surface area contributed by atoms with Crippen molar-refractivity contribution in [2.45, 2.75) is 25.4 Å². The van der Waals surface area contributed by atoms with Gasteiger partial charge in [0.1, 0.15) is 0 Å². The highest BCUT2D eigenvalue weighted by Gasteiger charge is 2.20. The van der Waals surface area contributed by atoms with Crippen molar-refractivity contribution in [3.05, 3.63) is 18.0 Å². The van der Waals surface area contributed by atoms with Crippen molar-refractivity contribution in [1.82, 2.24) is 15.3 Å². The van der Waals surface area contributed by atoms with E-state index in [0.717, 1.165) is 50.5 Å². The van der Waals surface area contributed by atoms with E-state index in [1.807, 2.05) is 12.3 Å². The van der Waals surface area contributed by atoms with Crippen molar-refractivity contribution >= 4 is 5.95 Å². The molecule has 0 unspecified atom stereocenters. The summed E-state index contributed by atoms with van der Waals surface area (Å²) in [6.45, 7) is 4.17. The lowest BCUT2D eigenvalue weighted by Crippen LogP contribution is -2.37. The fraction of sp³-hybridized carbons (Fsp3) is 0.667. The second kappa shape index (κ2) is 4.98. The Labute approximate surface area is 101 Å². The van der Waals surface area contributed by atoms with Crippen molar-refractivity contribution in [3.8, 4) is 0 Å². The van der Waals surface area contributed by atoms with E-state index in [0.29, 0.717) is 0 Å². The Hall–Kier alpha value is -1.20. The van der Waals surface area contributed by atoms with Crippen LogP contribution in [0.5, 0.6) is 0 Å². The van der Waals surface area contributed by atoms with E-state index in [9.17, 15) is 0 Å². The smallest absolute Gasteiger partial charge is 0.225 e. The second-order valence-corrected chi connectivity index (χ2v) is 4.60. The summed E-state index contributed by atoms with van der Waals surface area (Å²) in [6, 6.07) is 2.70. The van der Waals surface area contributed by atoms with Gasteiger partial charge in [-0.15, -0.1) is 0 Å². The van der Waals surface area contributed by atoms with Crippen LogP contribution in [-0.2, 0) is 11.3 Å². The fourth-order valence-corrected chi connectivity index (χ4v) is 1.94. The van der Waals surface area contributed by atoms with Gasteiger partial charge in [0, 0.05) is 31.9 Å². The number of morpholine rings is 1. The van der Waals surface area contributed by atoms with Crippen molar-refractivity contribution in [1.29, 1.82) is 0 Å². The first-order valence-corrected chi connectivity index (χ1v) is 6.30. The average Bonchev–Trinajstić information content (AvgIpc) is 3.22. The monoisotopic (exact) mass is 234 g/mol. The fourth-order valence-electron chi connectivity index (χ4n) is 1.94. The van der Waals surface area contributed by atoms with Crippen LogP contribution < -0.4 is 10.2 Å². The molecule has 1 N–H and O–H groups in total. The molecule has 0 amide bonds. The van der Waals surface area contributed by atoms with Crippen LogP contribution in [0.2, 0.25) is 0 Å². The first-order valence-electron chi connectivity index (χ1n) is 6.30. The third-order valence-electron chi connectivity index (χ3n) is 3.14. The van der Waals surface area contributed by atoms with Crippen molar-refractivity contribution in [3.63, 3.8) is 0 Å². The van der Waals surface area contributed by atoms with Crippen molar-refractivity contribution in [2.24, 2.45) is 0 Å². The summed E-state index contributed by atoms with van der Waals surface area (Å²) >= 11 is 0. The number of hydrogen-bond donors (Lipinski definition) is 1. The van der Waals surface area contributed by atoms with Crippen LogP contribution in [0.1, 0.15) is 18.5 Å². The van der Waals surface area contributed by atoms with E-state index in [1.165, 1.54) is 12.8 Å². The van der Waals surface area contributed by atoms with Gasteiger partial charge in [-0.05, 0) is 18.9 Å². The molecule has 1 aromatic rings. The minimum Gasteiger partial charge on any atom is -0.378 e. The average molecular weight is 234 g/mol. The molecule has 0 bridgehead atoms. The molecule has 0 aromatic carbocycles. The lowest BCUT2D eigenvalue weighted by Gasteiger charge is -2.26. The molecule has 1 aliphatic carbocycles. The Morgan fingerprint density at radius 2 is 2.18 bits per heavy atom. The summed E-state index contributed by atoms with van der Waals surface area (Å²) in [7, 11) is 0. The zero-order chi connectivity index (χ0) is 11.5. The van der Waals surface area contributed by atoms with Crippen LogP contribution in [0.15, 0.2) is 12.3 Å². The van der Waals surface area contributed by atoms with Crippen molar-refractivity contribution in [2.75, 3.05) is 31.2 Å². The minimum atomic E-state index is 0.719. The van der Waals surface area contributed by atoms with E-state index < -0.39 is 0 Å². The quantitative estimate of drug-likeness (QED) is 0.825. The molecular weight excluding hydrogens is 216 g/mol. The van der Waals surface area contributed by atoms with Crippen LogP contribution in [0, 0.1) is 0 Å². The summed E-state index contributed by atoms with van der Waals surface area (Å²) in [6.07, 6.45) is 4.46. The van der Waals surface area contributed by atoms with Gasteiger partial charge in [0.15, 0.2) is 0 Å². The maximum Gasteiger partial charge on any atom is 0.225 e. The van der Waals surface area contributed by atoms with Crippen LogP contribution in [0.4, 0.5) is 5.95 Å². The van der Waals surface area contributed by atoms with Crippen molar-refractivity contribution < 1.29 is 4.74 Å². The number of aromatic nitrogens is 2. The van der Waals surface area contributed by atoms with E-state index in [-0.39, 0.29) is 0 Å². The summed E-state index contributed by atoms with van der Waals surface area (Å²) in [5.74, 6) is 0.836. The lowest BCUT2D eigenvalue weighted by molar-refractivity contribution is 0.122. The number of anilines is 1. The highest BCUT2D eigenvalue weighted by Crippen LogP contribution is 2.19. The lowest BCUT2D eigenvalue weighted by atomic mass is 10.4. The Morgan fingerprint density at radius 3 is 2.94 bits per heavy atom. The molecule has 17 heavy (non-hydrogen) atoms. The highest BCUT2D eigenvalue weighted by molar-refractivity contribution is 5.30. The number of rotatable bonds is 4. The van der Waals surface area contributed by atoms with Gasteiger partial charge in [0.05, 0.1) is 18.9 Å². The van der Waals surface area contributed by atoms with Crippen LogP contribution in [0.3, 0.4) is 0 Å². The van der Waals surface area contributed by atoms with Gasteiger partial charge in [-0.25, -0.2) is 9.97 Å². The molecule has 0 radical (unpaired) electrons. The maximum absolute atomic E-state index is 5.33. The Balaban J connectivity index is 1.64. The predicted molar refractivity (Wildman–Crippen MR) is 64.9 cm³/mol. The standard InChI is InChI=1S/C12H18N4O/c1-2-10(1)14-9-11-3-4-13-12(15-11)16-5-7-17-8-6-16/h3-4,10,14H,1-2,5-9H2. The highest BCUT2D eigenvalue weighted by atomic mass is 16.5. The maximum atomic E-state index is 5.33. The van der Waals surface area contributed by atoms with E-state index in [2.05, 4.69) is 20.2 Å². The molecule has 2 heterocycles. The molecule has 5 heteroatoms. The largest absolute Gasteiger partial charge is 0.378 e. The SMILES string of the molecule is c1cc(CNC2CC2)nc(N2CCOCC2)n1. The molecule has 3 rings (SSSR count). The molecule has 92 valence electrons. The number of hydrogen-bond acceptors (Lipinski definition) is 5. The molecule has 2 aliphatic rings. The normalized spacial score (nSPS) is 20.6. The number of nitrogens with zero attached hydrogens (tertiary/aromatic N) is 3. The molecule has 1 aromatic heterocycles.